The molecule has 2 rings (SSSR count). The Morgan fingerprint density at radius 3 is 2.70 bits per heavy atom. The molecule has 2 aromatic rings. The van der Waals surface area contributed by atoms with Crippen LogP contribution < -0.4 is 5.73 Å². The van der Waals surface area contributed by atoms with Crippen LogP contribution in [0, 0.1) is 0 Å². The van der Waals surface area contributed by atoms with E-state index in [0.717, 1.165) is 48.7 Å². The summed E-state index contributed by atoms with van der Waals surface area (Å²) in [4.78, 5) is 9.04. The molecule has 2 aromatic heterocycles. The van der Waals surface area contributed by atoms with Crippen molar-refractivity contribution in [2.75, 3.05) is 0 Å². The van der Waals surface area contributed by atoms with Gasteiger partial charge in [-0.1, -0.05) is 26.8 Å². The van der Waals surface area contributed by atoms with E-state index >= 15 is 0 Å². The van der Waals surface area contributed by atoms with Crippen LogP contribution in [0.25, 0.3) is 5.82 Å². The van der Waals surface area contributed by atoms with Crippen LogP contribution in [0.1, 0.15) is 44.4 Å². The average molecular weight is 273 g/mol. The van der Waals surface area contributed by atoms with Gasteiger partial charge in [-0.25, -0.2) is 9.97 Å². The molecule has 0 aromatic carbocycles. The third-order valence-electron chi connectivity index (χ3n) is 3.43. The summed E-state index contributed by atoms with van der Waals surface area (Å²) in [5, 5.41) is 4.57. The fourth-order valence-electron chi connectivity index (χ4n) is 2.15. The van der Waals surface area contributed by atoms with Gasteiger partial charge in [0.15, 0.2) is 11.6 Å². The largest absolute Gasteiger partial charge is 0.327 e. The van der Waals surface area contributed by atoms with Crippen molar-refractivity contribution in [1.82, 2.24) is 19.7 Å². The molecule has 1 atom stereocenters. The molecule has 1 unspecified atom stereocenters. The Bertz CT molecular complexity index is 561. The number of pyridine rings is 1. The van der Waals surface area contributed by atoms with Gasteiger partial charge in [0.05, 0.1) is 0 Å². The van der Waals surface area contributed by atoms with Gasteiger partial charge in [0, 0.05) is 25.1 Å². The van der Waals surface area contributed by atoms with Crippen molar-refractivity contribution in [2.45, 2.75) is 52.5 Å². The van der Waals surface area contributed by atoms with Crippen molar-refractivity contribution in [2.24, 2.45) is 5.73 Å². The topological polar surface area (TPSA) is 69.6 Å². The second kappa shape index (κ2) is 6.61. The molecule has 0 amide bonds. The van der Waals surface area contributed by atoms with Crippen LogP contribution in [0.4, 0.5) is 0 Å². The summed E-state index contributed by atoms with van der Waals surface area (Å²) < 4.78 is 1.87. The van der Waals surface area contributed by atoms with Gasteiger partial charge in [0.2, 0.25) is 0 Å². The van der Waals surface area contributed by atoms with Crippen LogP contribution >= 0.6 is 0 Å². The Hall–Kier alpha value is -1.75. The molecule has 2 heterocycles. The number of aromatic nitrogens is 4. The average Bonchev–Trinajstić information content (AvgIpc) is 2.91. The SMILES string of the molecule is CCc1nc(CC)n(-c2ncccc2CC(N)CC)n1. The molecule has 2 N–H and O–H groups in total. The molecule has 0 fully saturated rings. The fraction of sp³-hybridized carbons (Fsp3) is 0.533. The molecule has 108 valence electrons. The predicted octanol–water partition coefficient (Wildman–Crippen LogP) is 2.07. The van der Waals surface area contributed by atoms with Gasteiger partial charge in [0.1, 0.15) is 5.82 Å². The molecule has 5 heteroatoms. The van der Waals surface area contributed by atoms with Crippen molar-refractivity contribution in [3.05, 3.63) is 35.5 Å². The number of nitrogens with zero attached hydrogens (tertiary/aromatic N) is 4. The molecular formula is C15H23N5. The predicted molar refractivity (Wildman–Crippen MR) is 79.9 cm³/mol. The summed E-state index contributed by atoms with van der Waals surface area (Å²) >= 11 is 0. The van der Waals surface area contributed by atoms with Crippen molar-refractivity contribution in [3.8, 4) is 5.82 Å². The maximum atomic E-state index is 6.08. The summed E-state index contributed by atoms with van der Waals surface area (Å²) in [7, 11) is 0. The lowest BCUT2D eigenvalue weighted by atomic mass is 10.1. The van der Waals surface area contributed by atoms with E-state index in [-0.39, 0.29) is 6.04 Å². The summed E-state index contributed by atoms with van der Waals surface area (Å²) in [5.41, 5.74) is 7.21. The van der Waals surface area contributed by atoms with E-state index in [1.165, 1.54) is 0 Å². The van der Waals surface area contributed by atoms with Gasteiger partial charge < -0.3 is 5.73 Å². The van der Waals surface area contributed by atoms with Crippen LogP contribution in [0.2, 0.25) is 0 Å². The minimum absolute atomic E-state index is 0.150. The van der Waals surface area contributed by atoms with Gasteiger partial charge in [0.25, 0.3) is 0 Å². The Morgan fingerprint density at radius 2 is 2.05 bits per heavy atom. The van der Waals surface area contributed by atoms with E-state index in [4.69, 9.17) is 5.73 Å². The van der Waals surface area contributed by atoms with Crippen LogP contribution in [-0.2, 0) is 19.3 Å². The Kier molecular flexibility index (Phi) is 4.84. The first-order valence-corrected chi connectivity index (χ1v) is 7.34. The zero-order chi connectivity index (χ0) is 14.5. The highest BCUT2D eigenvalue weighted by atomic mass is 15.4. The van der Waals surface area contributed by atoms with Crippen molar-refractivity contribution in [1.29, 1.82) is 0 Å². The van der Waals surface area contributed by atoms with E-state index in [1.807, 2.05) is 10.7 Å². The molecule has 0 aliphatic rings. The van der Waals surface area contributed by atoms with Crippen LogP contribution in [-0.4, -0.2) is 25.8 Å². The first-order valence-electron chi connectivity index (χ1n) is 7.34. The molecule has 0 bridgehead atoms. The minimum Gasteiger partial charge on any atom is -0.327 e. The molecule has 0 radical (unpaired) electrons. The van der Waals surface area contributed by atoms with Gasteiger partial charge in [-0.2, -0.15) is 4.68 Å². The fourth-order valence-corrected chi connectivity index (χ4v) is 2.15. The second-order valence-corrected chi connectivity index (χ2v) is 4.92. The summed E-state index contributed by atoms with van der Waals surface area (Å²) in [6.07, 6.45) is 5.22. The lowest BCUT2D eigenvalue weighted by molar-refractivity contribution is 0.637. The number of rotatable bonds is 6. The monoisotopic (exact) mass is 273 g/mol. The molecule has 5 nitrogen and oxygen atoms in total. The summed E-state index contributed by atoms with van der Waals surface area (Å²) in [6.45, 7) is 6.24. The van der Waals surface area contributed by atoms with Crippen LogP contribution in [0.5, 0.6) is 0 Å². The van der Waals surface area contributed by atoms with Gasteiger partial charge in [-0.3, -0.25) is 0 Å². The lowest BCUT2D eigenvalue weighted by Crippen LogP contribution is -2.23. The summed E-state index contributed by atoms with van der Waals surface area (Å²) in [6, 6.07) is 4.17. The zero-order valence-corrected chi connectivity index (χ0v) is 12.5. The molecule has 0 aliphatic heterocycles. The first kappa shape index (κ1) is 14.7. The van der Waals surface area contributed by atoms with Gasteiger partial charge in [-0.05, 0) is 24.5 Å². The lowest BCUT2D eigenvalue weighted by Gasteiger charge is -2.13. The molecule has 0 aliphatic carbocycles. The smallest absolute Gasteiger partial charge is 0.158 e. The third-order valence-corrected chi connectivity index (χ3v) is 3.43. The standard InChI is InChI=1S/C15H23N5/c1-4-12(16)10-11-8-7-9-17-15(11)20-14(6-3)18-13(5-2)19-20/h7-9,12H,4-6,10,16H2,1-3H3. The minimum atomic E-state index is 0.150. The highest BCUT2D eigenvalue weighted by Crippen LogP contribution is 2.16. The Balaban J connectivity index is 2.44. The van der Waals surface area contributed by atoms with Crippen molar-refractivity contribution in [3.63, 3.8) is 0 Å². The molecule has 20 heavy (non-hydrogen) atoms. The second-order valence-electron chi connectivity index (χ2n) is 4.92. The molecule has 0 saturated heterocycles. The van der Waals surface area contributed by atoms with E-state index in [2.05, 4.69) is 41.9 Å². The maximum Gasteiger partial charge on any atom is 0.158 e. The highest BCUT2D eigenvalue weighted by molar-refractivity contribution is 5.34. The summed E-state index contributed by atoms with van der Waals surface area (Å²) in [5.74, 6) is 2.67. The molecular weight excluding hydrogens is 250 g/mol. The zero-order valence-electron chi connectivity index (χ0n) is 12.5. The van der Waals surface area contributed by atoms with E-state index in [9.17, 15) is 0 Å². The molecule has 0 saturated carbocycles. The number of nitrogens with two attached hydrogens (primary N) is 1. The van der Waals surface area contributed by atoms with Crippen LogP contribution in [0.15, 0.2) is 18.3 Å². The number of aryl methyl sites for hydroxylation is 2. The van der Waals surface area contributed by atoms with E-state index in [0.29, 0.717) is 0 Å². The van der Waals surface area contributed by atoms with Gasteiger partial charge in [-0.15, -0.1) is 5.10 Å². The van der Waals surface area contributed by atoms with E-state index < -0.39 is 0 Å². The third kappa shape index (κ3) is 3.04. The number of hydrogen-bond acceptors (Lipinski definition) is 4. The molecule has 0 spiro atoms. The number of hydrogen-bond donors (Lipinski definition) is 1. The van der Waals surface area contributed by atoms with Crippen molar-refractivity contribution >= 4 is 0 Å². The van der Waals surface area contributed by atoms with Gasteiger partial charge >= 0.3 is 0 Å². The first-order chi connectivity index (χ1) is 9.69. The Labute approximate surface area is 120 Å². The maximum absolute atomic E-state index is 6.08. The van der Waals surface area contributed by atoms with E-state index in [1.54, 1.807) is 6.20 Å². The quantitative estimate of drug-likeness (QED) is 0.874. The van der Waals surface area contributed by atoms with Crippen LogP contribution in [0.3, 0.4) is 0 Å². The highest BCUT2D eigenvalue weighted by Gasteiger charge is 2.14. The Morgan fingerprint density at radius 1 is 1.25 bits per heavy atom. The normalized spacial score (nSPS) is 12.6. The van der Waals surface area contributed by atoms with Crippen molar-refractivity contribution < 1.29 is 0 Å².